The van der Waals surface area contributed by atoms with Gasteiger partial charge in [-0.2, -0.15) is 0 Å². The lowest BCUT2D eigenvalue weighted by Gasteiger charge is -2.38. The molecule has 0 radical (unpaired) electrons. The van der Waals surface area contributed by atoms with Gasteiger partial charge in [-0.05, 0) is 107 Å². The lowest BCUT2D eigenvalue weighted by Crippen LogP contribution is -2.48. The molecule has 5 atom stereocenters. The van der Waals surface area contributed by atoms with Crippen molar-refractivity contribution >= 4 is 5.91 Å². The van der Waals surface area contributed by atoms with Crippen LogP contribution in [0, 0.1) is 38.5 Å². The highest BCUT2D eigenvalue weighted by molar-refractivity contribution is 5.79. The van der Waals surface area contributed by atoms with Gasteiger partial charge >= 0.3 is 0 Å². The molecule has 7 nitrogen and oxygen atoms in total. The molecule has 1 unspecified atom stereocenters. The zero-order valence-corrected chi connectivity index (χ0v) is 29.5. The number of rotatable bonds is 22. The smallest absolute Gasteiger partial charge is 0.234 e. The molecular weight excluding hydrogens is 550 g/mol. The Morgan fingerprint density at radius 1 is 0.909 bits per heavy atom. The van der Waals surface area contributed by atoms with Crippen LogP contribution < -0.4 is 26.3 Å². The quantitative estimate of drug-likeness (QED) is 0.0795. The molecule has 1 aliphatic rings. The standard InChI is InChI=1S/C37H67N3O4/c1-25(2)14-11-15-26(3)16-12-17-27(4)18-13-21-37(8)22-20-31-30(7)34(28(5)29(6)35(31)44-37)43-24-33(41)40-32(36(39)42)19-9-10-23-38/h25-27,32-33,40-41H,9-24,38H2,1-8H3,(H2,39,42)/t26-,27-,32+,33?,37-/m1/s1. The zero-order valence-electron chi connectivity index (χ0n) is 29.5. The van der Waals surface area contributed by atoms with Gasteiger partial charge in [-0.1, -0.05) is 79.1 Å². The molecule has 6 N–H and O–H groups in total. The third-order valence-corrected chi connectivity index (χ3v) is 9.91. The second-order valence-corrected chi connectivity index (χ2v) is 14.7. The molecule has 1 amide bonds. The number of hydrogen-bond acceptors (Lipinski definition) is 6. The molecular formula is C37H67N3O4. The molecule has 0 spiro atoms. The first-order chi connectivity index (χ1) is 20.8. The number of fused-ring (bicyclic) bond motifs is 1. The zero-order chi connectivity index (χ0) is 32.9. The summed E-state index contributed by atoms with van der Waals surface area (Å²) in [6.45, 7) is 18.6. The number of carbonyl (C=O) groups is 1. The molecule has 1 aromatic carbocycles. The minimum absolute atomic E-state index is 0.0222. The highest BCUT2D eigenvalue weighted by Gasteiger charge is 2.34. The Kier molecular flexibility index (Phi) is 16.5. The fraction of sp³-hybridized carbons (Fsp3) is 0.811. The van der Waals surface area contributed by atoms with E-state index in [1.165, 1.54) is 56.9 Å². The first-order valence-corrected chi connectivity index (χ1v) is 17.7. The lowest BCUT2D eigenvalue weighted by atomic mass is 9.83. The Morgan fingerprint density at radius 3 is 2.11 bits per heavy atom. The number of nitrogens with one attached hydrogen (secondary N) is 1. The number of primary amides is 1. The van der Waals surface area contributed by atoms with E-state index in [2.05, 4.69) is 60.7 Å². The maximum absolute atomic E-state index is 11.8. The van der Waals surface area contributed by atoms with Crippen LogP contribution in [0.25, 0.3) is 0 Å². The second-order valence-electron chi connectivity index (χ2n) is 14.7. The van der Waals surface area contributed by atoms with E-state index in [-0.39, 0.29) is 12.2 Å². The normalized spacial score (nSPS) is 19.2. The number of carbonyl (C=O) groups excluding carboxylic acids is 1. The monoisotopic (exact) mass is 618 g/mol. The average Bonchev–Trinajstić information content (AvgIpc) is 2.95. The van der Waals surface area contributed by atoms with E-state index in [0.717, 1.165) is 78.0 Å². The number of aliphatic hydroxyl groups is 1. The number of benzene rings is 1. The van der Waals surface area contributed by atoms with Crippen molar-refractivity contribution in [2.24, 2.45) is 29.2 Å². The topological polar surface area (TPSA) is 120 Å². The maximum Gasteiger partial charge on any atom is 0.234 e. The van der Waals surface area contributed by atoms with E-state index in [4.69, 9.17) is 20.9 Å². The molecule has 0 aliphatic carbocycles. The molecule has 0 saturated carbocycles. The third-order valence-electron chi connectivity index (χ3n) is 9.91. The Balaban J connectivity index is 1.88. The van der Waals surface area contributed by atoms with Crippen molar-refractivity contribution < 1.29 is 19.4 Å². The van der Waals surface area contributed by atoms with E-state index < -0.39 is 18.2 Å². The molecule has 44 heavy (non-hydrogen) atoms. The Bertz CT molecular complexity index is 1010. The molecule has 0 fully saturated rings. The first kappa shape index (κ1) is 38.4. The summed E-state index contributed by atoms with van der Waals surface area (Å²) in [4.78, 5) is 11.8. The first-order valence-electron chi connectivity index (χ1n) is 17.7. The number of amides is 1. The third kappa shape index (κ3) is 12.5. The fourth-order valence-electron chi connectivity index (χ4n) is 6.72. The van der Waals surface area contributed by atoms with Gasteiger partial charge < -0.3 is 26.0 Å². The number of unbranched alkanes of at least 4 members (excludes halogenated alkanes) is 1. The van der Waals surface area contributed by atoms with Gasteiger partial charge in [0.05, 0.1) is 6.04 Å². The largest absolute Gasteiger partial charge is 0.489 e. The van der Waals surface area contributed by atoms with E-state index in [0.29, 0.717) is 13.0 Å². The summed E-state index contributed by atoms with van der Waals surface area (Å²) in [5, 5.41) is 13.5. The SMILES string of the molecule is Cc1c(C)c2c(c(C)c1OCC(O)N[C@@H](CCCCN)C(N)=O)CC[C@@](C)(CCC[C@H](C)CCC[C@H](C)CCCC(C)C)O2. The van der Waals surface area contributed by atoms with Gasteiger partial charge in [-0.15, -0.1) is 0 Å². The molecule has 0 aromatic heterocycles. The van der Waals surface area contributed by atoms with Gasteiger partial charge in [-0.25, -0.2) is 0 Å². The van der Waals surface area contributed by atoms with Crippen LogP contribution in [0.15, 0.2) is 0 Å². The van der Waals surface area contributed by atoms with Gasteiger partial charge in [0, 0.05) is 5.56 Å². The van der Waals surface area contributed by atoms with Gasteiger partial charge in [0.15, 0.2) is 0 Å². The molecule has 0 saturated heterocycles. The molecule has 1 aliphatic heterocycles. The predicted molar refractivity (Wildman–Crippen MR) is 183 cm³/mol. The van der Waals surface area contributed by atoms with Crippen molar-refractivity contribution in [3.05, 3.63) is 22.3 Å². The predicted octanol–water partition coefficient (Wildman–Crippen LogP) is 7.40. The number of aliphatic hydroxyl groups excluding tert-OH is 1. The van der Waals surface area contributed by atoms with Crippen LogP contribution in [-0.4, -0.2) is 42.0 Å². The summed E-state index contributed by atoms with van der Waals surface area (Å²) < 4.78 is 13.0. The van der Waals surface area contributed by atoms with E-state index >= 15 is 0 Å². The van der Waals surface area contributed by atoms with Crippen LogP contribution in [0.3, 0.4) is 0 Å². The number of ether oxygens (including phenoxy) is 2. The molecule has 2 rings (SSSR count). The van der Waals surface area contributed by atoms with Crippen LogP contribution in [0.2, 0.25) is 0 Å². The van der Waals surface area contributed by atoms with Crippen LogP contribution in [0.4, 0.5) is 0 Å². The molecule has 254 valence electrons. The van der Waals surface area contributed by atoms with Crippen molar-refractivity contribution in [3.8, 4) is 11.5 Å². The van der Waals surface area contributed by atoms with Crippen molar-refractivity contribution in [1.82, 2.24) is 5.32 Å². The summed E-state index contributed by atoms with van der Waals surface area (Å²) in [6.07, 6.45) is 14.7. The summed E-state index contributed by atoms with van der Waals surface area (Å²) in [5.41, 5.74) is 15.3. The minimum atomic E-state index is -1.01. The molecule has 0 bridgehead atoms. The average molecular weight is 618 g/mol. The Labute approximate surface area is 269 Å². The van der Waals surface area contributed by atoms with Crippen molar-refractivity contribution in [3.63, 3.8) is 0 Å². The fourth-order valence-corrected chi connectivity index (χ4v) is 6.72. The minimum Gasteiger partial charge on any atom is -0.489 e. The van der Waals surface area contributed by atoms with Crippen LogP contribution in [0.5, 0.6) is 11.5 Å². The van der Waals surface area contributed by atoms with E-state index in [9.17, 15) is 9.90 Å². The van der Waals surface area contributed by atoms with Gasteiger partial charge in [0.2, 0.25) is 5.91 Å². The highest BCUT2D eigenvalue weighted by Crippen LogP contribution is 2.45. The number of nitrogens with two attached hydrogens (primary N) is 2. The number of hydrogen-bond donors (Lipinski definition) is 4. The van der Waals surface area contributed by atoms with Gasteiger partial charge in [-0.3, -0.25) is 10.1 Å². The van der Waals surface area contributed by atoms with E-state index in [1.54, 1.807) is 0 Å². The van der Waals surface area contributed by atoms with Crippen molar-refractivity contribution in [2.75, 3.05) is 13.2 Å². The summed E-state index contributed by atoms with van der Waals surface area (Å²) >= 11 is 0. The summed E-state index contributed by atoms with van der Waals surface area (Å²) in [7, 11) is 0. The van der Waals surface area contributed by atoms with E-state index in [1.807, 2.05) is 0 Å². The molecule has 7 heteroatoms. The van der Waals surface area contributed by atoms with Crippen LogP contribution >= 0.6 is 0 Å². The maximum atomic E-state index is 11.8. The summed E-state index contributed by atoms with van der Waals surface area (Å²) in [5.74, 6) is 3.75. The van der Waals surface area contributed by atoms with Crippen LogP contribution in [0.1, 0.15) is 140 Å². The van der Waals surface area contributed by atoms with Gasteiger partial charge in [0.1, 0.15) is 29.9 Å². The van der Waals surface area contributed by atoms with Crippen molar-refractivity contribution in [1.29, 1.82) is 0 Å². The van der Waals surface area contributed by atoms with Crippen molar-refractivity contribution in [2.45, 2.75) is 163 Å². The Hall–Kier alpha value is -1.83. The molecule has 1 aromatic rings. The van der Waals surface area contributed by atoms with Crippen LogP contribution in [-0.2, 0) is 11.2 Å². The molecule has 1 heterocycles. The second kappa shape index (κ2) is 19.0. The Morgan fingerprint density at radius 2 is 1.52 bits per heavy atom. The highest BCUT2D eigenvalue weighted by atomic mass is 16.5. The lowest BCUT2D eigenvalue weighted by molar-refractivity contribution is -0.121. The van der Waals surface area contributed by atoms with Gasteiger partial charge in [0.25, 0.3) is 0 Å². The summed E-state index contributed by atoms with van der Waals surface area (Å²) in [6, 6.07) is -0.616.